The van der Waals surface area contributed by atoms with Gasteiger partial charge in [0, 0.05) is 42.8 Å². The zero-order chi connectivity index (χ0) is 16.6. The van der Waals surface area contributed by atoms with Gasteiger partial charge in [0.2, 0.25) is 5.91 Å². The number of benzene rings is 1. The fourth-order valence-electron chi connectivity index (χ4n) is 4.99. The second kappa shape index (κ2) is 4.74. The van der Waals surface area contributed by atoms with Crippen molar-refractivity contribution >= 4 is 22.4 Å². The van der Waals surface area contributed by atoms with Gasteiger partial charge in [-0.2, -0.15) is 0 Å². The van der Waals surface area contributed by atoms with Gasteiger partial charge in [0.25, 0.3) is 0 Å². The molecule has 25 heavy (non-hydrogen) atoms. The molecule has 2 saturated heterocycles. The van der Waals surface area contributed by atoms with Crippen LogP contribution in [0.5, 0.6) is 0 Å². The van der Waals surface area contributed by atoms with E-state index in [4.69, 9.17) is 4.74 Å². The van der Waals surface area contributed by atoms with Gasteiger partial charge < -0.3 is 19.9 Å². The Kier molecular flexibility index (Phi) is 2.67. The smallest absolute Gasteiger partial charge is 0.230 e. The fourth-order valence-corrected chi connectivity index (χ4v) is 4.99. The molecule has 1 aromatic carbocycles. The van der Waals surface area contributed by atoms with Crippen LogP contribution in [0.4, 0.5) is 0 Å². The number of hydrogen-bond donors (Lipinski definition) is 2. The lowest BCUT2D eigenvalue weighted by atomic mass is 9.76. The molecule has 0 radical (unpaired) electrons. The molecule has 1 aliphatic carbocycles. The lowest BCUT2D eigenvalue weighted by molar-refractivity contribution is -0.196. The van der Waals surface area contributed by atoms with Crippen LogP contribution < -0.4 is 5.32 Å². The van der Waals surface area contributed by atoms with E-state index in [2.05, 4.69) is 40.8 Å². The first-order valence-corrected chi connectivity index (χ1v) is 9.13. The van der Waals surface area contributed by atoms with E-state index in [-0.39, 0.29) is 17.2 Å². The molecule has 4 heterocycles. The Labute approximate surface area is 146 Å². The number of H-pyrrole nitrogens is 1. The zero-order valence-electron chi connectivity index (χ0n) is 14.0. The molecular weight excluding hydrogens is 314 g/mol. The second-order valence-electron chi connectivity index (χ2n) is 8.12. The normalized spacial score (nSPS) is 29.0. The van der Waals surface area contributed by atoms with Crippen LogP contribution in [0.15, 0.2) is 30.5 Å². The average molecular weight is 335 g/mol. The van der Waals surface area contributed by atoms with Crippen molar-refractivity contribution in [2.24, 2.45) is 11.3 Å². The monoisotopic (exact) mass is 335 g/mol. The summed E-state index contributed by atoms with van der Waals surface area (Å²) in [7, 11) is 0. The molecule has 2 N–H and O–H groups in total. The summed E-state index contributed by atoms with van der Waals surface area (Å²) in [5.74, 6) is 0.211. The van der Waals surface area contributed by atoms with Gasteiger partial charge in [-0.15, -0.1) is 0 Å². The minimum atomic E-state index is -0.0552. The number of likely N-dealkylation sites (tertiary alicyclic amines) is 1. The van der Waals surface area contributed by atoms with Gasteiger partial charge in [-0.25, -0.2) is 0 Å². The van der Waals surface area contributed by atoms with E-state index in [0.29, 0.717) is 6.04 Å². The van der Waals surface area contributed by atoms with Gasteiger partial charge >= 0.3 is 0 Å². The molecule has 3 aliphatic heterocycles. The average Bonchev–Trinajstić information content (AvgIpc) is 2.96. The Morgan fingerprint density at radius 2 is 2.16 bits per heavy atom. The van der Waals surface area contributed by atoms with Crippen molar-refractivity contribution in [3.05, 3.63) is 41.6 Å². The molecule has 128 valence electrons. The van der Waals surface area contributed by atoms with Gasteiger partial charge in [-0.3, -0.25) is 4.79 Å². The molecule has 6 rings (SSSR count). The third-order valence-electron chi connectivity index (χ3n) is 6.36. The summed E-state index contributed by atoms with van der Waals surface area (Å²) in [6.07, 6.45) is 5.36. The molecule has 5 heteroatoms. The molecule has 0 bridgehead atoms. The maximum atomic E-state index is 12.9. The topological polar surface area (TPSA) is 57.4 Å². The molecule has 0 saturated carbocycles. The Balaban J connectivity index is 1.33. The predicted molar refractivity (Wildman–Crippen MR) is 95.1 cm³/mol. The standard InChI is InChI=1S/C20H21N3O2/c24-19(23-8-20(9-23)10-25-11-20)13-4-15-14-2-1-3-16-18(14)12(6-21-16)5-17(15)22-7-13/h1-4,6,13,17,21-22H,5,7-11H2. The number of aromatic amines is 1. The number of carbonyl (C=O) groups is 1. The largest absolute Gasteiger partial charge is 0.380 e. The van der Waals surface area contributed by atoms with Gasteiger partial charge in [0.1, 0.15) is 0 Å². The molecule has 1 amide bonds. The summed E-state index contributed by atoms with van der Waals surface area (Å²) in [6, 6.07) is 6.74. The molecule has 2 unspecified atom stereocenters. The number of aromatic nitrogens is 1. The minimum Gasteiger partial charge on any atom is -0.380 e. The van der Waals surface area contributed by atoms with E-state index in [0.717, 1.165) is 39.3 Å². The van der Waals surface area contributed by atoms with Gasteiger partial charge in [0.15, 0.2) is 0 Å². The number of carbonyl (C=O) groups excluding carboxylic acids is 1. The van der Waals surface area contributed by atoms with Crippen LogP contribution in [0.2, 0.25) is 0 Å². The highest BCUT2D eigenvalue weighted by Crippen LogP contribution is 2.41. The van der Waals surface area contributed by atoms with Crippen LogP contribution in [0.25, 0.3) is 16.5 Å². The van der Waals surface area contributed by atoms with E-state index in [1.165, 1.54) is 27.6 Å². The number of nitrogens with zero attached hydrogens (tertiary/aromatic N) is 1. The summed E-state index contributed by atoms with van der Waals surface area (Å²) in [5, 5.41) is 4.95. The fraction of sp³-hybridized carbons (Fsp3) is 0.450. The van der Waals surface area contributed by atoms with Gasteiger partial charge in [-0.1, -0.05) is 18.2 Å². The Hall–Kier alpha value is -2.11. The number of nitrogens with one attached hydrogen (secondary N) is 2. The maximum Gasteiger partial charge on any atom is 0.230 e. The number of ether oxygens (including phenoxy) is 1. The molecule has 5 nitrogen and oxygen atoms in total. The van der Waals surface area contributed by atoms with Crippen LogP contribution in [0, 0.1) is 11.3 Å². The zero-order valence-corrected chi connectivity index (χ0v) is 14.0. The molecule has 2 atom stereocenters. The van der Waals surface area contributed by atoms with Crippen molar-refractivity contribution in [3.8, 4) is 0 Å². The summed E-state index contributed by atoms with van der Waals surface area (Å²) >= 11 is 0. The van der Waals surface area contributed by atoms with Crippen LogP contribution >= 0.6 is 0 Å². The van der Waals surface area contributed by atoms with Crippen LogP contribution in [0.3, 0.4) is 0 Å². The molecule has 1 aromatic heterocycles. The Bertz CT molecular complexity index is 916. The summed E-state index contributed by atoms with van der Waals surface area (Å²) < 4.78 is 5.32. The third-order valence-corrected chi connectivity index (χ3v) is 6.36. The third kappa shape index (κ3) is 1.88. The highest BCUT2D eigenvalue weighted by Gasteiger charge is 2.51. The lowest BCUT2D eigenvalue weighted by Crippen LogP contribution is -2.68. The van der Waals surface area contributed by atoms with Crippen molar-refractivity contribution in [1.29, 1.82) is 0 Å². The SMILES string of the molecule is O=C(C1C=C2c3cccc4[nH]cc(c34)CC2NC1)N1CC2(COC2)C1. The summed E-state index contributed by atoms with van der Waals surface area (Å²) in [6.45, 7) is 4.12. The first-order chi connectivity index (χ1) is 12.2. The van der Waals surface area contributed by atoms with Crippen LogP contribution in [-0.4, -0.2) is 54.7 Å². The van der Waals surface area contributed by atoms with Gasteiger partial charge in [-0.05, 0) is 29.2 Å². The Morgan fingerprint density at radius 1 is 1.28 bits per heavy atom. The lowest BCUT2D eigenvalue weighted by Gasteiger charge is -2.55. The van der Waals surface area contributed by atoms with Crippen molar-refractivity contribution < 1.29 is 9.53 Å². The van der Waals surface area contributed by atoms with Crippen LogP contribution in [-0.2, 0) is 16.0 Å². The molecule has 2 fully saturated rings. The first-order valence-electron chi connectivity index (χ1n) is 9.13. The van der Waals surface area contributed by atoms with E-state index in [1.807, 2.05) is 4.90 Å². The second-order valence-corrected chi connectivity index (χ2v) is 8.12. The molecule has 1 spiro atoms. The van der Waals surface area contributed by atoms with Crippen molar-refractivity contribution in [1.82, 2.24) is 15.2 Å². The maximum absolute atomic E-state index is 12.9. The number of amides is 1. The molecule has 2 aromatic rings. The van der Waals surface area contributed by atoms with Crippen molar-refractivity contribution in [2.75, 3.05) is 32.8 Å². The molecular formula is C20H21N3O2. The summed E-state index contributed by atoms with van der Waals surface area (Å²) in [4.78, 5) is 18.3. The number of fused-ring (bicyclic) bond motifs is 2. The minimum absolute atomic E-state index is 0.0552. The predicted octanol–water partition coefficient (Wildman–Crippen LogP) is 1.55. The highest BCUT2D eigenvalue weighted by molar-refractivity contribution is 5.99. The summed E-state index contributed by atoms with van der Waals surface area (Å²) in [5.41, 5.74) is 5.42. The first kappa shape index (κ1) is 14.1. The van der Waals surface area contributed by atoms with Gasteiger partial charge in [0.05, 0.1) is 24.5 Å². The Morgan fingerprint density at radius 3 is 2.96 bits per heavy atom. The number of rotatable bonds is 1. The van der Waals surface area contributed by atoms with E-state index >= 15 is 0 Å². The highest BCUT2D eigenvalue weighted by atomic mass is 16.5. The van der Waals surface area contributed by atoms with Crippen LogP contribution in [0.1, 0.15) is 11.1 Å². The van der Waals surface area contributed by atoms with Crippen molar-refractivity contribution in [3.63, 3.8) is 0 Å². The van der Waals surface area contributed by atoms with E-state index in [9.17, 15) is 4.79 Å². The van der Waals surface area contributed by atoms with Crippen molar-refractivity contribution in [2.45, 2.75) is 12.5 Å². The quantitative estimate of drug-likeness (QED) is 0.831. The molecule has 4 aliphatic rings. The number of hydrogen-bond acceptors (Lipinski definition) is 3. The van der Waals surface area contributed by atoms with E-state index in [1.54, 1.807) is 0 Å². The van der Waals surface area contributed by atoms with E-state index < -0.39 is 0 Å².